The molecular formula is C10H12BrN3. The number of aromatic nitrogens is 2. The van der Waals surface area contributed by atoms with Gasteiger partial charge in [0.1, 0.15) is 10.4 Å². The molecule has 0 radical (unpaired) electrons. The minimum absolute atomic E-state index is 0.867. The van der Waals surface area contributed by atoms with E-state index in [9.17, 15) is 0 Å². The number of halogens is 1. The van der Waals surface area contributed by atoms with Crippen LogP contribution in [0.25, 0.3) is 5.57 Å². The predicted molar refractivity (Wildman–Crippen MR) is 63.5 cm³/mol. The molecule has 14 heavy (non-hydrogen) atoms. The van der Waals surface area contributed by atoms with Crippen molar-refractivity contribution in [2.24, 2.45) is 12.0 Å². The van der Waals surface area contributed by atoms with Crippen LogP contribution in [0.1, 0.15) is 5.82 Å². The lowest BCUT2D eigenvalue weighted by Crippen LogP contribution is -1.96. The molecule has 0 aromatic carbocycles. The van der Waals surface area contributed by atoms with Crippen molar-refractivity contribution in [1.82, 2.24) is 9.55 Å². The summed E-state index contributed by atoms with van der Waals surface area (Å²) in [6.07, 6.45) is 7.12. The van der Waals surface area contributed by atoms with Gasteiger partial charge in [-0.15, -0.1) is 0 Å². The summed E-state index contributed by atoms with van der Waals surface area (Å²) in [5.41, 5.74) is 0.948. The molecule has 1 heterocycles. The third-order valence-electron chi connectivity index (χ3n) is 1.81. The van der Waals surface area contributed by atoms with Crippen molar-refractivity contribution in [2.45, 2.75) is 0 Å². The minimum atomic E-state index is 0.867. The van der Waals surface area contributed by atoms with Crippen LogP contribution in [-0.2, 0) is 7.05 Å². The van der Waals surface area contributed by atoms with E-state index >= 15 is 0 Å². The van der Waals surface area contributed by atoms with Gasteiger partial charge in [-0.3, -0.25) is 4.99 Å². The Morgan fingerprint density at radius 3 is 2.86 bits per heavy atom. The Hall–Kier alpha value is -1.16. The summed E-state index contributed by atoms with van der Waals surface area (Å²) in [6.45, 7) is 3.74. The molecule has 0 aliphatic heterocycles. The molecule has 0 amide bonds. The highest BCUT2D eigenvalue weighted by Gasteiger charge is 2.05. The third-order valence-corrected chi connectivity index (χ3v) is 2.55. The zero-order valence-electron chi connectivity index (χ0n) is 8.24. The molecule has 0 aliphatic rings. The second kappa shape index (κ2) is 4.91. The third kappa shape index (κ3) is 2.20. The maximum atomic E-state index is 4.25. The van der Waals surface area contributed by atoms with Gasteiger partial charge in [-0.25, -0.2) is 4.98 Å². The fraction of sp³-hybridized carbons (Fsp3) is 0.200. The first-order chi connectivity index (χ1) is 6.70. The highest BCUT2D eigenvalue weighted by molar-refractivity contribution is 9.10. The summed E-state index contributed by atoms with van der Waals surface area (Å²) in [4.78, 5) is 8.14. The van der Waals surface area contributed by atoms with Gasteiger partial charge in [0, 0.05) is 25.9 Å². The summed E-state index contributed by atoms with van der Waals surface area (Å²) >= 11 is 3.39. The van der Waals surface area contributed by atoms with Gasteiger partial charge in [-0.05, 0) is 22.0 Å². The molecule has 1 rings (SSSR count). The largest absolute Gasteiger partial charge is 0.322 e. The standard InChI is InChI=1S/C10H12BrN3/c1-4-8(5-6-12-2)10-13-7-9(11)14(10)3/h4-7H,1H2,2-3H3/b8-5+,12-6?. The SMILES string of the molecule is C=C/C(=C\C=NC)c1ncc(Br)n1C. The minimum Gasteiger partial charge on any atom is -0.322 e. The van der Waals surface area contributed by atoms with E-state index in [1.54, 1.807) is 25.5 Å². The van der Waals surface area contributed by atoms with Crippen LogP contribution in [0.4, 0.5) is 0 Å². The summed E-state index contributed by atoms with van der Waals surface area (Å²) in [7, 11) is 3.67. The van der Waals surface area contributed by atoms with Crippen molar-refractivity contribution in [2.75, 3.05) is 7.05 Å². The van der Waals surface area contributed by atoms with Gasteiger partial charge in [-0.2, -0.15) is 0 Å². The van der Waals surface area contributed by atoms with Crippen LogP contribution < -0.4 is 0 Å². The van der Waals surface area contributed by atoms with Crippen LogP contribution in [-0.4, -0.2) is 22.8 Å². The van der Waals surface area contributed by atoms with Crippen LogP contribution in [0.5, 0.6) is 0 Å². The Kier molecular flexibility index (Phi) is 3.83. The van der Waals surface area contributed by atoms with Gasteiger partial charge in [0.25, 0.3) is 0 Å². The van der Waals surface area contributed by atoms with Gasteiger partial charge < -0.3 is 4.57 Å². The van der Waals surface area contributed by atoms with Crippen molar-refractivity contribution < 1.29 is 0 Å². The lowest BCUT2D eigenvalue weighted by molar-refractivity contribution is 0.871. The Bertz CT molecular complexity index is 388. The van der Waals surface area contributed by atoms with Gasteiger partial charge in [0.05, 0.1) is 6.20 Å². The molecule has 0 saturated heterocycles. The average Bonchev–Trinajstić information content (AvgIpc) is 2.51. The maximum absolute atomic E-state index is 4.25. The Morgan fingerprint density at radius 1 is 1.71 bits per heavy atom. The van der Waals surface area contributed by atoms with E-state index in [1.807, 2.05) is 17.7 Å². The van der Waals surface area contributed by atoms with Crippen molar-refractivity contribution >= 4 is 27.7 Å². The fourth-order valence-electron chi connectivity index (χ4n) is 1.05. The average molecular weight is 254 g/mol. The zero-order valence-corrected chi connectivity index (χ0v) is 9.82. The molecular weight excluding hydrogens is 242 g/mol. The summed E-state index contributed by atoms with van der Waals surface area (Å²) in [6, 6.07) is 0. The summed E-state index contributed by atoms with van der Waals surface area (Å²) in [5, 5.41) is 0. The second-order valence-corrected chi connectivity index (χ2v) is 3.51. The zero-order chi connectivity index (χ0) is 10.6. The van der Waals surface area contributed by atoms with E-state index in [4.69, 9.17) is 0 Å². The molecule has 0 bridgehead atoms. The Morgan fingerprint density at radius 2 is 2.43 bits per heavy atom. The normalized spacial score (nSPS) is 12.4. The molecule has 1 aromatic heterocycles. The number of hydrogen-bond acceptors (Lipinski definition) is 2. The van der Waals surface area contributed by atoms with Gasteiger partial charge in [0.2, 0.25) is 0 Å². The van der Waals surface area contributed by atoms with Crippen LogP contribution in [0.2, 0.25) is 0 Å². The summed E-state index contributed by atoms with van der Waals surface area (Å²) in [5.74, 6) is 0.867. The van der Waals surface area contributed by atoms with E-state index in [0.717, 1.165) is 16.0 Å². The molecule has 0 unspecified atom stereocenters. The molecule has 0 aliphatic carbocycles. The highest BCUT2D eigenvalue weighted by Crippen LogP contribution is 2.17. The van der Waals surface area contributed by atoms with Crippen molar-refractivity contribution in [3.05, 3.63) is 35.4 Å². The first-order valence-corrected chi connectivity index (χ1v) is 4.92. The van der Waals surface area contributed by atoms with Crippen LogP contribution in [0.3, 0.4) is 0 Å². The number of rotatable bonds is 3. The molecule has 0 fully saturated rings. The van der Waals surface area contributed by atoms with E-state index in [1.165, 1.54) is 0 Å². The van der Waals surface area contributed by atoms with E-state index < -0.39 is 0 Å². The molecule has 0 atom stereocenters. The molecule has 0 spiro atoms. The maximum Gasteiger partial charge on any atom is 0.140 e. The van der Waals surface area contributed by atoms with Gasteiger partial charge in [-0.1, -0.05) is 12.7 Å². The highest BCUT2D eigenvalue weighted by atomic mass is 79.9. The Labute approximate surface area is 92.0 Å². The monoisotopic (exact) mass is 253 g/mol. The predicted octanol–water partition coefficient (Wildman–Crippen LogP) is 2.45. The number of hydrogen-bond donors (Lipinski definition) is 0. The van der Waals surface area contributed by atoms with E-state index in [2.05, 4.69) is 32.5 Å². The van der Waals surface area contributed by atoms with Gasteiger partial charge >= 0.3 is 0 Å². The summed E-state index contributed by atoms with van der Waals surface area (Å²) < 4.78 is 2.88. The lowest BCUT2D eigenvalue weighted by atomic mass is 10.2. The van der Waals surface area contributed by atoms with Crippen LogP contribution in [0.15, 0.2) is 34.5 Å². The lowest BCUT2D eigenvalue weighted by Gasteiger charge is -2.01. The van der Waals surface area contributed by atoms with E-state index in [0.29, 0.717) is 0 Å². The first-order valence-electron chi connectivity index (χ1n) is 4.13. The van der Waals surface area contributed by atoms with Crippen LogP contribution in [0, 0.1) is 0 Å². The number of allylic oxidation sites excluding steroid dienone is 3. The van der Waals surface area contributed by atoms with Gasteiger partial charge in [0.15, 0.2) is 0 Å². The second-order valence-electron chi connectivity index (χ2n) is 2.70. The number of imidazole rings is 1. The molecule has 0 N–H and O–H groups in total. The smallest absolute Gasteiger partial charge is 0.140 e. The molecule has 74 valence electrons. The van der Waals surface area contributed by atoms with Crippen molar-refractivity contribution in [3.8, 4) is 0 Å². The van der Waals surface area contributed by atoms with E-state index in [-0.39, 0.29) is 0 Å². The Balaban J connectivity index is 3.13. The van der Waals surface area contributed by atoms with Crippen LogP contribution >= 0.6 is 15.9 Å². The molecule has 4 heteroatoms. The molecule has 0 saturated carbocycles. The fourth-order valence-corrected chi connectivity index (χ4v) is 1.32. The quantitative estimate of drug-likeness (QED) is 0.602. The number of nitrogens with zero attached hydrogens (tertiary/aromatic N) is 3. The molecule has 3 nitrogen and oxygen atoms in total. The molecule has 1 aromatic rings. The topological polar surface area (TPSA) is 30.2 Å². The first kappa shape index (κ1) is 10.9. The number of aliphatic imine (C=N–C) groups is 1. The van der Waals surface area contributed by atoms with Crippen molar-refractivity contribution in [3.63, 3.8) is 0 Å². The van der Waals surface area contributed by atoms with Crippen molar-refractivity contribution in [1.29, 1.82) is 0 Å².